The summed E-state index contributed by atoms with van der Waals surface area (Å²) in [4.78, 5) is 11.5. The highest BCUT2D eigenvalue weighted by atomic mass is 35.5. The summed E-state index contributed by atoms with van der Waals surface area (Å²) < 4.78 is 10.5. The van der Waals surface area contributed by atoms with E-state index in [4.69, 9.17) is 21.1 Å². The minimum Gasteiger partial charge on any atom is -0.492 e. The highest BCUT2D eigenvalue weighted by Crippen LogP contribution is 2.17. The first-order valence-corrected chi connectivity index (χ1v) is 6.23. The molecule has 0 saturated heterocycles. The molecule has 1 aromatic rings. The van der Waals surface area contributed by atoms with Crippen molar-refractivity contribution in [1.29, 1.82) is 0 Å². The lowest BCUT2D eigenvalue weighted by Gasteiger charge is -2.19. The lowest BCUT2D eigenvalue weighted by atomic mass is 10.2. The first-order chi connectivity index (χ1) is 8.40. The van der Waals surface area contributed by atoms with Gasteiger partial charge < -0.3 is 9.47 Å². The number of carbonyl (C=O) groups excluding carboxylic acids is 1. The molecule has 0 aromatic heterocycles. The zero-order chi connectivity index (χ0) is 13.6. The highest BCUT2D eigenvalue weighted by molar-refractivity contribution is 6.18. The maximum absolute atomic E-state index is 11.5. The fraction of sp³-hybridized carbons (Fsp3) is 0.462. The number of halogens is 1. The fourth-order valence-electron chi connectivity index (χ4n) is 1.21. The number of benzene rings is 1. The van der Waals surface area contributed by atoms with Gasteiger partial charge in [-0.1, -0.05) is 0 Å². The number of amides is 1. The van der Waals surface area contributed by atoms with Gasteiger partial charge in [-0.05, 0) is 45.0 Å². The Bertz CT molecular complexity index is 384. The van der Waals surface area contributed by atoms with Crippen LogP contribution in [0.3, 0.4) is 0 Å². The molecule has 0 fully saturated rings. The van der Waals surface area contributed by atoms with Crippen LogP contribution in [0.4, 0.5) is 10.5 Å². The van der Waals surface area contributed by atoms with E-state index in [0.29, 0.717) is 23.9 Å². The molecule has 0 aliphatic rings. The molecular formula is C13H18ClNO3. The third-order valence-corrected chi connectivity index (χ3v) is 2.00. The molecule has 18 heavy (non-hydrogen) atoms. The summed E-state index contributed by atoms with van der Waals surface area (Å²) in [6, 6.07) is 7.01. The van der Waals surface area contributed by atoms with Crippen LogP contribution in [-0.2, 0) is 4.74 Å². The summed E-state index contributed by atoms with van der Waals surface area (Å²) in [6.07, 6.45) is -0.475. The maximum Gasteiger partial charge on any atom is 0.412 e. The van der Waals surface area contributed by atoms with E-state index in [1.54, 1.807) is 24.3 Å². The molecule has 0 atom stereocenters. The summed E-state index contributed by atoms with van der Waals surface area (Å²) in [6.45, 7) is 5.90. The van der Waals surface area contributed by atoms with Crippen molar-refractivity contribution >= 4 is 23.4 Å². The van der Waals surface area contributed by atoms with Gasteiger partial charge in [0, 0.05) is 5.69 Å². The normalized spacial score (nSPS) is 10.9. The Morgan fingerprint density at radius 1 is 1.28 bits per heavy atom. The van der Waals surface area contributed by atoms with Crippen LogP contribution in [0.25, 0.3) is 0 Å². The van der Waals surface area contributed by atoms with Gasteiger partial charge in [0.2, 0.25) is 0 Å². The van der Waals surface area contributed by atoms with Crippen molar-refractivity contribution in [2.24, 2.45) is 0 Å². The fourth-order valence-corrected chi connectivity index (χ4v) is 1.29. The molecule has 0 radical (unpaired) electrons. The number of alkyl halides is 1. The molecule has 1 aromatic carbocycles. The van der Waals surface area contributed by atoms with Crippen molar-refractivity contribution in [3.8, 4) is 5.75 Å². The van der Waals surface area contributed by atoms with Gasteiger partial charge in [-0.3, -0.25) is 5.32 Å². The van der Waals surface area contributed by atoms with E-state index < -0.39 is 11.7 Å². The van der Waals surface area contributed by atoms with Gasteiger partial charge in [0.25, 0.3) is 0 Å². The van der Waals surface area contributed by atoms with Crippen LogP contribution in [-0.4, -0.2) is 24.2 Å². The van der Waals surface area contributed by atoms with Crippen LogP contribution in [0, 0.1) is 0 Å². The van der Waals surface area contributed by atoms with Crippen molar-refractivity contribution in [3.05, 3.63) is 24.3 Å². The third kappa shape index (κ3) is 5.77. The molecule has 100 valence electrons. The van der Waals surface area contributed by atoms with Crippen molar-refractivity contribution in [2.75, 3.05) is 17.8 Å². The predicted octanol–water partition coefficient (Wildman–Crippen LogP) is 3.65. The maximum atomic E-state index is 11.5. The minimum atomic E-state index is -0.506. The molecule has 0 heterocycles. The number of ether oxygens (including phenoxy) is 2. The molecule has 1 N–H and O–H groups in total. The van der Waals surface area contributed by atoms with E-state index >= 15 is 0 Å². The Morgan fingerprint density at radius 3 is 2.39 bits per heavy atom. The Labute approximate surface area is 112 Å². The van der Waals surface area contributed by atoms with E-state index in [-0.39, 0.29) is 0 Å². The number of carbonyl (C=O) groups is 1. The van der Waals surface area contributed by atoms with Crippen LogP contribution in [0.15, 0.2) is 24.3 Å². The first kappa shape index (κ1) is 14.6. The van der Waals surface area contributed by atoms with E-state index in [9.17, 15) is 4.79 Å². The zero-order valence-corrected chi connectivity index (χ0v) is 11.6. The van der Waals surface area contributed by atoms with Gasteiger partial charge in [-0.2, -0.15) is 0 Å². The Morgan fingerprint density at radius 2 is 1.89 bits per heavy atom. The van der Waals surface area contributed by atoms with Crippen LogP contribution >= 0.6 is 11.6 Å². The van der Waals surface area contributed by atoms with Gasteiger partial charge in [0.1, 0.15) is 18.0 Å². The summed E-state index contributed by atoms with van der Waals surface area (Å²) in [5.74, 6) is 1.16. The SMILES string of the molecule is CC(C)(C)OC(=O)Nc1ccc(OCCCl)cc1. The van der Waals surface area contributed by atoms with Crippen LogP contribution in [0.5, 0.6) is 5.75 Å². The van der Waals surface area contributed by atoms with Crippen LogP contribution < -0.4 is 10.1 Å². The second-order valence-electron chi connectivity index (χ2n) is 4.69. The molecular weight excluding hydrogens is 254 g/mol. The molecule has 1 amide bonds. The van der Waals surface area contributed by atoms with Gasteiger partial charge in [-0.25, -0.2) is 4.79 Å². The minimum absolute atomic E-state index is 0.442. The van der Waals surface area contributed by atoms with E-state index in [0.717, 1.165) is 0 Å². The first-order valence-electron chi connectivity index (χ1n) is 5.69. The summed E-state index contributed by atoms with van der Waals surface area (Å²) in [5.41, 5.74) is 0.149. The Balaban J connectivity index is 2.50. The van der Waals surface area contributed by atoms with Crippen molar-refractivity contribution in [3.63, 3.8) is 0 Å². The second-order valence-corrected chi connectivity index (χ2v) is 5.07. The van der Waals surface area contributed by atoms with Gasteiger partial charge >= 0.3 is 6.09 Å². The topological polar surface area (TPSA) is 47.6 Å². The lowest BCUT2D eigenvalue weighted by Crippen LogP contribution is -2.27. The molecule has 0 spiro atoms. The van der Waals surface area contributed by atoms with E-state index in [1.807, 2.05) is 20.8 Å². The van der Waals surface area contributed by atoms with Crippen molar-refractivity contribution in [2.45, 2.75) is 26.4 Å². The smallest absolute Gasteiger partial charge is 0.412 e. The molecule has 0 aliphatic carbocycles. The lowest BCUT2D eigenvalue weighted by molar-refractivity contribution is 0.0636. The average molecular weight is 272 g/mol. The average Bonchev–Trinajstić information content (AvgIpc) is 2.25. The zero-order valence-electron chi connectivity index (χ0n) is 10.8. The molecule has 0 unspecified atom stereocenters. The molecule has 1 rings (SSSR count). The van der Waals surface area contributed by atoms with Crippen molar-refractivity contribution in [1.82, 2.24) is 0 Å². The quantitative estimate of drug-likeness (QED) is 0.851. The van der Waals surface area contributed by atoms with Crippen LogP contribution in [0.1, 0.15) is 20.8 Å². The standard InChI is InChI=1S/C13H18ClNO3/c1-13(2,3)18-12(16)15-10-4-6-11(7-5-10)17-9-8-14/h4-7H,8-9H2,1-3H3,(H,15,16). The third-order valence-electron chi connectivity index (χ3n) is 1.85. The monoisotopic (exact) mass is 271 g/mol. The van der Waals surface area contributed by atoms with Crippen molar-refractivity contribution < 1.29 is 14.3 Å². The van der Waals surface area contributed by atoms with Gasteiger partial charge in [0.05, 0.1) is 5.88 Å². The van der Waals surface area contributed by atoms with E-state index in [2.05, 4.69) is 5.32 Å². The molecule has 0 saturated carbocycles. The highest BCUT2D eigenvalue weighted by Gasteiger charge is 2.15. The summed E-state index contributed by atoms with van der Waals surface area (Å²) in [5, 5.41) is 2.64. The number of rotatable bonds is 4. The van der Waals surface area contributed by atoms with E-state index in [1.165, 1.54) is 0 Å². The second kappa shape index (κ2) is 6.50. The molecule has 4 nitrogen and oxygen atoms in total. The number of hydrogen-bond acceptors (Lipinski definition) is 3. The largest absolute Gasteiger partial charge is 0.492 e. The number of hydrogen-bond donors (Lipinski definition) is 1. The predicted molar refractivity (Wildman–Crippen MR) is 72.5 cm³/mol. The molecule has 5 heteroatoms. The number of nitrogens with one attached hydrogen (secondary N) is 1. The van der Waals surface area contributed by atoms with Gasteiger partial charge in [-0.15, -0.1) is 11.6 Å². The molecule has 0 bridgehead atoms. The number of anilines is 1. The Kier molecular flexibility index (Phi) is 5.28. The summed E-state index contributed by atoms with van der Waals surface area (Å²) >= 11 is 5.51. The molecule has 0 aliphatic heterocycles. The summed E-state index contributed by atoms with van der Waals surface area (Å²) in [7, 11) is 0. The van der Waals surface area contributed by atoms with Crippen LogP contribution in [0.2, 0.25) is 0 Å². The Hall–Kier alpha value is -1.42. The van der Waals surface area contributed by atoms with Gasteiger partial charge in [0.15, 0.2) is 0 Å².